The van der Waals surface area contributed by atoms with E-state index >= 15 is 0 Å². The Morgan fingerprint density at radius 1 is 1.08 bits per heavy atom. The van der Waals surface area contributed by atoms with Gasteiger partial charge in [0.2, 0.25) is 5.78 Å². The van der Waals surface area contributed by atoms with Gasteiger partial charge in [-0.05, 0) is 37.6 Å². The van der Waals surface area contributed by atoms with Gasteiger partial charge in [0.1, 0.15) is 5.82 Å². The zero-order valence-electron chi connectivity index (χ0n) is 14.4. The fourth-order valence-electron chi connectivity index (χ4n) is 2.99. The summed E-state index contributed by atoms with van der Waals surface area (Å²) in [5.41, 5.74) is 3.29. The van der Waals surface area contributed by atoms with Gasteiger partial charge in [0.15, 0.2) is 0 Å². The van der Waals surface area contributed by atoms with Gasteiger partial charge in [0, 0.05) is 11.9 Å². The van der Waals surface area contributed by atoms with Crippen LogP contribution in [-0.2, 0) is 12.8 Å². The van der Waals surface area contributed by atoms with Crippen molar-refractivity contribution in [2.24, 2.45) is 7.05 Å². The van der Waals surface area contributed by atoms with Gasteiger partial charge in [0.25, 0.3) is 5.56 Å². The standard InChI is InChI=1S/C19H18N4OS/c1-12-8-9-13(2)16(10-12)25-11-17-20-21-19-22(3)18(24)14-6-4-5-7-15(14)23(17)19/h4-10H,11H2,1-3H3. The summed E-state index contributed by atoms with van der Waals surface area (Å²) >= 11 is 1.74. The molecule has 0 unspecified atom stereocenters. The molecule has 0 N–H and O–H groups in total. The van der Waals surface area contributed by atoms with Gasteiger partial charge in [-0.1, -0.05) is 29.8 Å². The monoisotopic (exact) mass is 350 g/mol. The third-order valence-corrected chi connectivity index (χ3v) is 5.55. The van der Waals surface area contributed by atoms with Crippen molar-refractivity contribution in [2.45, 2.75) is 24.5 Å². The van der Waals surface area contributed by atoms with Crippen LogP contribution in [-0.4, -0.2) is 19.2 Å². The second kappa shape index (κ2) is 6.04. The first kappa shape index (κ1) is 15.9. The average Bonchev–Trinajstić information content (AvgIpc) is 3.05. The minimum Gasteiger partial charge on any atom is -0.279 e. The van der Waals surface area contributed by atoms with Crippen LogP contribution >= 0.6 is 11.8 Å². The van der Waals surface area contributed by atoms with E-state index in [0.717, 1.165) is 11.3 Å². The third kappa shape index (κ3) is 2.62. The first-order chi connectivity index (χ1) is 12.1. The Bertz CT molecular complexity index is 1160. The lowest BCUT2D eigenvalue weighted by atomic mass is 10.2. The van der Waals surface area contributed by atoms with Crippen LogP contribution < -0.4 is 5.56 Å². The molecule has 6 heteroatoms. The summed E-state index contributed by atoms with van der Waals surface area (Å²) in [5.74, 6) is 2.10. The summed E-state index contributed by atoms with van der Waals surface area (Å²) in [7, 11) is 1.74. The van der Waals surface area contributed by atoms with E-state index in [2.05, 4.69) is 42.2 Å². The van der Waals surface area contributed by atoms with Crippen molar-refractivity contribution in [3.8, 4) is 0 Å². The highest BCUT2D eigenvalue weighted by Gasteiger charge is 2.14. The molecule has 0 radical (unpaired) electrons. The summed E-state index contributed by atoms with van der Waals surface area (Å²) in [4.78, 5) is 13.7. The first-order valence-corrected chi connectivity index (χ1v) is 9.06. The van der Waals surface area contributed by atoms with E-state index < -0.39 is 0 Å². The van der Waals surface area contributed by atoms with Crippen molar-refractivity contribution in [3.63, 3.8) is 0 Å². The van der Waals surface area contributed by atoms with Crippen LogP contribution in [0.3, 0.4) is 0 Å². The molecule has 0 spiro atoms. The van der Waals surface area contributed by atoms with Gasteiger partial charge in [-0.25, -0.2) is 0 Å². The van der Waals surface area contributed by atoms with Gasteiger partial charge in [-0.2, -0.15) is 0 Å². The maximum Gasteiger partial charge on any atom is 0.262 e. The van der Waals surface area contributed by atoms with Gasteiger partial charge in [-0.3, -0.25) is 13.8 Å². The number of para-hydroxylation sites is 1. The van der Waals surface area contributed by atoms with E-state index in [0.29, 0.717) is 16.9 Å². The molecule has 0 saturated heterocycles. The smallest absolute Gasteiger partial charge is 0.262 e. The van der Waals surface area contributed by atoms with E-state index in [9.17, 15) is 4.79 Å². The minimum absolute atomic E-state index is 0.0516. The van der Waals surface area contributed by atoms with Crippen molar-refractivity contribution in [2.75, 3.05) is 0 Å². The topological polar surface area (TPSA) is 52.2 Å². The molecule has 0 aliphatic rings. The number of nitrogens with zero attached hydrogens (tertiary/aromatic N) is 4. The maximum absolute atomic E-state index is 12.5. The molecule has 0 fully saturated rings. The molecule has 2 aromatic heterocycles. The average molecular weight is 350 g/mol. The van der Waals surface area contributed by atoms with E-state index in [-0.39, 0.29) is 5.56 Å². The van der Waals surface area contributed by atoms with Crippen molar-refractivity contribution in [1.82, 2.24) is 19.2 Å². The van der Waals surface area contributed by atoms with Crippen LogP contribution in [0.1, 0.15) is 17.0 Å². The number of hydrogen-bond donors (Lipinski definition) is 0. The molecule has 126 valence electrons. The highest BCUT2D eigenvalue weighted by molar-refractivity contribution is 7.98. The summed E-state index contributed by atoms with van der Waals surface area (Å²) in [6.45, 7) is 4.21. The van der Waals surface area contributed by atoms with E-state index in [4.69, 9.17) is 0 Å². The van der Waals surface area contributed by atoms with Crippen molar-refractivity contribution in [1.29, 1.82) is 0 Å². The summed E-state index contributed by atoms with van der Waals surface area (Å²) < 4.78 is 3.54. The lowest BCUT2D eigenvalue weighted by Crippen LogP contribution is -2.20. The Labute approximate surface area is 149 Å². The van der Waals surface area contributed by atoms with Crippen LogP contribution in [0, 0.1) is 13.8 Å². The molecular formula is C19H18N4OS. The molecular weight excluding hydrogens is 332 g/mol. The number of aryl methyl sites for hydroxylation is 3. The Hall–Kier alpha value is -2.60. The van der Waals surface area contributed by atoms with E-state index in [1.54, 1.807) is 23.4 Å². The SMILES string of the molecule is Cc1ccc(C)c(SCc2nnc3n(C)c(=O)c4ccccc4n23)c1. The molecule has 5 nitrogen and oxygen atoms in total. The summed E-state index contributed by atoms with van der Waals surface area (Å²) in [6.07, 6.45) is 0. The van der Waals surface area contributed by atoms with Crippen molar-refractivity contribution >= 4 is 28.4 Å². The second-order valence-corrected chi connectivity index (χ2v) is 7.21. The van der Waals surface area contributed by atoms with Gasteiger partial charge in [-0.15, -0.1) is 22.0 Å². The lowest BCUT2D eigenvalue weighted by molar-refractivity contribution is 0.858. The number of aromatic nitrogens is 4. The number of rotatable bonds is 3. The molecule has 0 atom stereocenters. The lowest BCUT2D eigenvalue weighted by Gasteiger charge is -2.09. The molecule has 4 aromatic rings. The fourth-order valence-corrected chi connectivity index (χ4v) is 4.03. The predicted molar refractivity (Wildman–Crippen MR) is 101 cm³/mol. The number of fused-ring (bicyclic) bond motifs is 3. The fraction of sp³-hybridized carbons (Fsp3) is 0.211. The largest absolute Gasteiger partial charge is 0.279 e. The second-order valence-electron chi connectivity index (χ2n) is 6.19. The molecule has 0 aliphatic carbocycles. The highest BCUT2D eigenvalue weighted by atomic mass is 32.2. The molecule has 0 amide bonds. The van der Waals surface area contributed by atoms with Gasteiger partial charge in [0.05, 0.1) is 16.7 Å². The minimum atomic E-state index is -0.0516. The molecule has 2 aromatic carbocycles. The van der Waals surface area contributed by atoms with Crippen molar-refractivity contribution in [3.05, 3.63) is 69.8 Å². The maximum atomic E-state index is 12.5. The Morgan fingerprint density at radius 3 is 2.72 bits per heavy atom. The van der Waals surface area contributed by atoms with Crippen LogP contribution in [0.15, 0.2) is 52.2 Å². The summed E-state index contributed by atoms with van der Waals surface area (Å²) in [6, 6.07) is 14.1. The Balaban J connectivity index is 1.83. The highest BCUT2D eigenvalue weighted by Crippen LogP contribution is 2.27. The third-order valence-electron chi connectivity index (χ3n) is 4.39. The number of thioether (sulfide) groups is 1. The predicted octanol–water partition coefficient (Wildman–Crippen LogP) is 3.49. The summed E-state index contributed by atoms with van der Waals surface area (Å²) in [5, 5.41) is 9.27. The normalized spacial score (nSPS) is 11.5. The van der Waals surface area contributed by atoms with Crippen molar-refractivity contribution < 1.29 is 0 Å². The zero-order valence-corrected chi connectivity index (χ0v) is 15.2. The zero-order chi connectivity index (χ0) is 17.6. The molecule has 2 heterocycles. The van der Waals surface area contributed by atoms with Crippen LogP contribution in [0.25, 0.3) is 16.7 Å². The van der Waals surface area contributed by atoms with Crippen LogP contribution in [0.5, 0.6) is 0 Å². The quantitative estimate of drug-likeness (QED) is 0.531. The first-order valence-electron chi connectivity index (χ1n) is 8.08. The van der Waals surface area contributed by atoms with E-state index in [1.807, 2.05) is 28.7 Å². The molecule has 4 rings (SSSR count). The van der Waals surface area contributed by atoms with Crippen LogP contribution in [0.2, 0.25) is 0 Å². The number of benzene rings is 2. The number of hydrogen-bond acceptors (Lipinski definition) is 4. The Morgan fingerprint density at radius 2 is 1.88 bits per heavy atom. The van der Waals surface area contributed by atoms with Gasteiger partial charge < -0.3 is 0 Å². The van der Waals surface area contributed by atoms with E-state index in [1.165, 1.54) is 16.0 Å². The molecule has 0 saturated carbocycles. The Kier molecular flexibility index (Phi) is 3.84. The molecule has 0 aliphatic heterocycles. The van der Waals surface area contributed by atoms with Crippen LogP contribution in [0.4, 0.5) is 0 Å². The van der Waals surface area contributed by atoms with Gasteiger partial charge >= 0.3 is 0 Å². The molecule has 0 bridgehead atoms. The molecule has 25 heavy (non-hydrogen) atoms.